The topological polar surface area (TPSA) is 57.1 Å². The van der Waals surface area contributed by atoms with Crippen LogP contribution >= 0.6 is 0 Å². The molecule has 0 saturated carbocycles. The third-order valence-electron chi connectivity index (χ3n) is 2.99. The molecule has 1 heterocycles. The Morgan fingerprint density at radius 2 is 2.16 bits per heavy atom. The first-order valence-electron chi connectivity index (χ1n) is 6.12. The van der Waals surface area contributed by atoms with Gasteiger partial charge in [-0.3, -0.25) is 4.99 Å². The number of allylic oxidation sites excluding steroid dienone is 3. The average molecular weight is 265 g/mol. The molecule has 6 heteroatoms. The summed E-state index contributed by atoms with van der Waals surface area (Å²) >= 11 is 0. The number of hydrogen-bond donors (Lipinski definition) is 0. The van der Waals surface area contributed by atoms with Gasteiger partial charge < -0.3 is 14.0 Å². The van der Waals surface area contributed by atoms with Crippen molar-refractivity contribution in [3.8, 4) is 0 Å². The van der Waals surface area contributed by atoms with Gasteiger partial charge in [0, 0.05) is 24.8 Å². The van der Waals surface area contributed by atoms with Gasteiger partial charge in [-0.2, -0.15) is 0 Å². The van der Waals surface area contributed by atoms with Gasteiger partial charge in [-0.15, -0.1) is 0 Å². The van der Waals surface area contributed by atoms with Gasteiger partial charge in [-0.25, -0.2) is 4.79 Å². The zero-order valence-electron chi connectivity index (χ0n) is 12.0. The zero-order valence-corrected chi connectivity index (χ0v) is 12.0. The van der Waals surface area contributed by atoms with Crippen molar-refractivity contribution in [1.29, 1.82) is 0 Å². The number of ether oxygens (including phenoxy) is 1. The van der Waals surface area contributed by atoms with Crippen LogP contribution in [0.1, 0.15) is 20.8 Å². The second kappa shape index (κ2) is 6.68. The minimum Gasteiger partial charge on any atom is -0.466 e. The Morgan fingerprint density at radius 3 is 2.63 bits per heavy atom. The van der Waals surface area contributed by atoms with Crippen LogP contribution in [0.2, 0.25) is 0 Å². The summed E-state index contributed by atoms with van der Waals surface area (Å²) in [4.78, 5) is 15.0. The Kier molecular flexibility index (Phi) is 5.51. The van der Waals surface area contributed by atoms with E-state index in [1.165, 1.54) is 13.2 Å². The van der Waals surface area contributed by atoms with Crippen LogP contribution in [0.3, 0.4) is 0 Å². The van der Waals surface area contributed by atoms with E-state index in [9.17, 15) is 4.79 Å². The molecule has 0 aromatic heterocycles. The molecule has 1 aliphatic heterocycles. The van der Waals surface area contributed by atoms with E-state index in [4.69, 9.17) is 9.31 Å². The van der Waals surface area contributed by atoms with Crippen LogP contribution in [-0.4, -0.2) is 45.2 Å². The molecule has 0 N–H and O–H groups in total. The molecule has 0 bridgehead atoms. The summed E-state index contributed by atoms with van der Waals surface area (Å²) in [6, 6.07) is 0. The summed E-state index contributed by atoms with van der Waals surface area (Å²) in [5, 5.41) is 0. The smallest absolute Gasteiger partial charge is 0.466 e. The van der Waals surface area contributed by atoms with Crippen LogP contribution in [0.15, 0.2) is 28.7 Å². The molecule has 5 nitrogen and oxygen atoms in total. The van der Waals surface area contributed by atoms with Gasteiger partial charge in [0.2, 0.25) is 0 Å². The van der Waals surface area contributed by atoms with Crippen LogP contribution < -0.4 is 0 Å². The SMILES string of the molecule is C\N=C/C(=C\C=C\C(=O)OC)B1OC(C)C(C)(C)O1. The fourth-order valence-corrected chi connectivity index (χ4v) is 1.53. The number of methoxy groups -OCH3 is 1. The molecule has 1 rings (SSSR count). The second-order valence-electron chi connectivity index (χ2n) is 4.77. The Bertz CT molecular complexity index is 415. The molecule has 104 valence electrons. The summed E-state index contributed by atoms with van der Waals surface area (Å²) in [6.45, 7) is 5.91. The maximum Gasteiger partial charge on any atom is 0.496 e. The Hall–Kier alpha value is -1.40. The van der Waals surface area contributed by atoms with Gasteiger partial charge >= 0.3 is 13.1 Å². The lowest BCUT2D eigenvalue weighted by Gasteiger charge is -2.21. The van der Waals surface area contributed by atoms with E-state index in [1.807, 2.05) is 20.8 Å². The van der Waals surface area contributed by atoms with Crippen molar-refractivity contribution in [2.45, 2.75) is 32.5 Å². The molecule has 0 radical (unpaired) electrons. The predicted octanol–water partition coefficient (Wildman–Crippen LogP) is 1.58. The quantitative estimate of drug-likeness (QED) is 0.254. The number of rotatable bonds is 4. The van der Waals surface area contributed by atoms with Crippen molar-refractivity contribution in [2.75, 3.05) is 14.2 Å². The van der Waals surface area contributed by atoms with Crippen LogP contribution in [0.5, 0.6) is 0 Å². The number of nitrogens with zero attached hydrogens (tertiary/aromatic N) is 1. The molecular formula is C13H20BNO4. The minimum atomic E-state index is -0.476. The van der Waals surface area contributed by atoms with E-state index in [0.29, 0.717) is 0 Å². The van der Waals surface area contributed by atoms with Crippen molar-refractivity contribution in [2.24, 2.45) is 4.99 Å². The van der Waals surface area contributed by atoms with Gasteiger partial charge in [0.15, 0.2) is 0 Å². The Labute approximate surface area is 114 Å². The molecule has 0 amide bonds. The highest BCUT2D eigenvalue weighted by atomic mass is 16.7. The molecule has 1 fully saturated rings. The zero-order chi connectivity index (χ0) is 14.5. The molecule has 19 heavy (non-hydrogen) atoms. The lowest BCUT2D eigenvalue weighted by molar-refractivity contribution is -0.134. The number of hydrogen-bond acceptors (Lipinski definition) is 5. The lowest BCUT2D eigenvalue weighted by Crippen LogP contribution is -2.30. The van der Waals surface area contributed by atoms with Gasteiger partial charge in [0.25, 0.3) is 0 Å². The number of aliphatic imine (C=N–C) groups is 1. The first-order chi connectivity index (χ1) is 8.90. The van der Waals surface area contributed by atoms with Gasteiger partial charge in [-0.1, -0.05) is 12.2 Å². The highest BCUT2D eigenvalue weighted by Crippen LogP contribution is 2.29. The first kappa shape index (κ1) is 15.7. The van der Waals surface area contributed by atoms with Crippen LogP contribution in [0, 0.1) is 0 Å². The van der Waals surface area contributed by atoms with Crippen molar-refractivity contribution < 1.29 is 18.8 Å². The third kappa shape index (κ3) is 4.33. The average Bonchev–Trinajstić information content (AvgIpc) is 2.62. The van der Waals surface area contributed by atoms with Gasteiger partial charge in [0.05, 0.1) is 18.8 Å². The van der Waals surface area contributed by atoms with E-state index >= 15 is 0 Å². The van der Waals surface area contributed by atoms with Crippen molar-refractivity contribution in [1.82, 2.24) is 0 Å². The fourth-order valence-electron chi connectivity index (χ4n) is 1.53. The van der Waals surface area contributed by atoms with E-state index in [2.05, 4.69) is 9.73 Å². The third-order valence-corrected chi connectivity index (χ3v) is 2.99. The fraction of sp³-hybridized carbons (Fsp3) is 0.538. The monoisotopic (exact) mass is 265 g/mol. The number of carbonyl (C=O) groups is 1. The summed E-state index contributed by atoms with van der Waals surface area (Å²) < 4.78 is 16.1. The van der Waals surface area contributed by atoms with Gasteiger partial charge in [-0.05, 0) is 20.8 Å². The van der Waals surface area contributed by atoms with Crippen molar-refractivity contribution in [3.05, 3.63) is 23.7 Å². The van der Waals surface area contributed by atoms with E-state index < -0.39 is 13.1 Å². The largest absolute Gasteiger partial charge is 0.496 e. The predicted molar refractivity (Wildman–Crippen MR) is 75.1 cm³/mol. The van der Waals surface area contributed by atoms with Crippen molar-refractivity contribution >= 4 is 19.3 Å². The van der Waals surface area contributed by atoms with E-state index in [-0.39, 0.29) is 11.7 Å². The molecular weight excluding hydrogens is 245 g/mol. The number of esters is 1. The second-order valence-corrected chi connectivity index (χ2v) is 4.77. The molecule has 1 aliphatic rings. The normalized spacial score (nSPS) is 23.5. The molecule has 1 unspecified atom stereocenters. The minimum absolute atomic E-state index is 0.0178. The van der Waals surface area contributed by atoms with Crippen LogP contribution in [0.4, 0.5) is 0 Å². The van der Waals surface area contributed by atoms with Crippen LogP contribution in [-0.2, 0) is 18.8 Å². The van der Waals surface area contributed by atoms with Gasteiger partial charge in [0.1, 0.15) is 0 Å². The Morgan fingerprint density at radius 1 is 1.47 bits per heavy atom. The lowest BCUT2D eigenvalue weighted by atomic mass is 9.78. The van der Waals surface area contributed by atoms with E-state index in [1.54, 1.807) is 25.4 Å². The summed E-state index contributed by atoms with van der Waals surface area (Å²) in [6.07, 6.45) is 6.28. The molecule has 1 atom stereocenters. The summed E-state index contributed by atoms with van der Waals surface area (Å²) in [5.74, 6) is -0.411. The molecule has 0 spiro atoms. The van der Waals surface area contributed by atoms with Crippen LogP contribution in [0.25, 0.3) is 0 Å². The highest BCUT2D eigenvalue weighted by molar-refractivity contribution is 6.60. The maximum absolute atomic E-state index is 11.0. The van der Waals surface area contributed by atoms with Crippen molar-refractivity contribution in [3.63, 3.8) is 0 Å². The summed E-state index contributed by atoms with van der Waals surface area (Å²) in [7, 11) is 2.52. The Balaban J connectivity index is 2.82. The molecule has 0 aromatic carbocycles. The number of carbonyl (C=O) groups excluding carboxylic acids is 1. The molecule has 1 saturated heterocycles. The first-order valence-corrected chi connectivity index (χ1v) is 6.12. The standard InChI is InChI=1S/C13H20BNO4/c1-10-13(2,3)19-14(18-10)11(9-15-4)7-6-8-12(16)17-5/h6-10H,1-5H3/b8-6+,11-7+,15-9-. The summed E-state index contributed by atoms with van der Waals surface area (Å²) in [5.41, 5.74) is 0.400. The highest BCUT2D eigenvalue weighted by Gasteiger charge is 2.44. The molecule has 0 aliphatic carbocycles. The maximum atomic E-state index is 11.0. The van der Waals surface area contributed by atoms with E-state index in [0.717, 1.165) is 5.47 Å². The molecule has 0 aromatic rings.